The van der Waals surface area contributed by atoms with E-state index in [1.807, 2.05) is 6.92 Å². The highest BCUT2D eigenvalue weighted by Gasteiger charge is 2.05. The molecule has 1 atom stereocenters. The van der Waals surface area contributed by atoms with Gasteiger partial charge in [0.25, 0.3) is 0 Å². The fourth-order valence-electron chi connectivity index (χ4n) is 1.54. The molecule has 0 aromatic heterocycles. The van der Waals surface area contributed by atoms with E-state index in [1.54, 1.807) is 24.3 Å². The van der Waals surface area contributed by atoms with E-state index in [4.69, 9.17) is 16.7 Å². The van der Waals surface area contributed by atoms with Crippen molar-refractivity contribution in [3.05, 3.63) is 29.3 Å². The topological polar surface area (TPSA) is 61.4 Å². The molecular formula is C13H19ClN2O2. The highest BCUT2D eigenvalue weighted by Crippen LogP contribution is 2.14. The number of rotatable bonds is 7. The molecule has 5 heteroatoms. The predicted octanol–water partition coefficient (Wildman–Crippen LogP) is 2.03. The van der Waals surface area contributed by atoms with Crippen molar-refractivity contribution in [1.29, 1.82) is 0 Å². The number of hydrogen-bond acceptors (Lipinski definition) is 3. The van der Waals surface area contributed by atoms with Gasteiger partial charge in [0.15, 0.2) is 0 Å². The van der Waals surface area contributed by atoms with E-state index >= 15 is 0 Å². The quantitative estimate of drug-likeness (QED) is 0.710. The van der Waals surface area contributed by atoms with Gasteiger partial charge in [0.1, 0.15) is 0 Å². The van der Waals surface area contributed by atoms with Gasteiger partial charge in [-0.25, -0.2) is 0 Å². The van der Waals surface area contributed by atoms with Gasteiger partial charge in [-0.1, -0.05) is 17.7 Å². The Morgan fingerprint density at radius 2 is 2.28 bits per heavy atom. The second-order valence-electron chi connectivity index (χ2n) is 4.21. The van der Waals surface area contributed by atoms with Gasteiger partial charge in [0.05, 0.1) is 6.54 Å². The van der Waals surface area contributed by atoms with E-state index in [-0.39, 0.29) is 25.1 Å². The van der Waals surface area contributed by atoms with Crippen molar-refractivity contribution in [3.8, 4) is 0 Å². The van der Waals surface area contributed by atoms with Gasteiger partial charge < -0.3 is 15.7 Å². The standard InChI is InChI=1S/C13H19ClN2O2/c1-10(4-3-7-17)15-9-13(18)16-12-6-2-5-11(14)8-12/h2,5-6,8,10,15,17H,3-4,7,9H2,1H3,(H,16,18). The summed E-state index contributed by atoms with van der Waals surface area (Å²) in [5.41, 5.74) is 0.692. The summed E-state index contributed by atoms with van der Waals surface area (Å²) in [7, 11) is 0. The van der Waals surface area contributed by atoms with E-state index < -0.39 is 0 Å². The first-order chi connectivity index (χ1) is 8.61. The van der Waals surface area contributed by atoms with Crippen molar-refractivity contribution < 1.29 is 9.90 Å². The Balaban J connectivity index is 2.29. The number of benzene rings is 1. The molecule has 0 spiro atoms. The summed E-state index contributed by atoms with van der Waals surface area (Å²) in [5.74, 6) is -0.104. The van der Waals surface area contributed by atoms with Crippen molar-refractivity contribution in [2.24, 2.45) is 0 Å². The summed E-state index contributed by atoms with van der Waals surface area (Å²) in [6.45, 7) is 2.42. The third-order valence-corrected chi connectivity index (χ3v) is 2.75. The first-order valence-corrected chi connectivity index (χ1v) is 6.39. The van der Waals surface area contributed by atoms with Gasteiger partial charge >= 0.3 is 0 Å². The molecule has 0 saturated heterocycles. The molecule has 0 aliphatic carbocycles. The number of aliphatic hydroxyl groups is 1. The molecule has 1 amide bonds. The minimum atomic E-state index is -0.104. The van der Waals surface area contributed by atoms with Gasteiger partial charge in [0.2, 0.25) is 5.91 Å². The number of amides is 1. The Bertz CT molecular complexity index is 385. The van der Waals surface area contributed by atoms with Gasteiger partial charge in [-0.05, 0) is 38.0 Å². The third-order valence-electron chi connectivity index (χ3n) is 2.51. The lowest BCUT2D eigenvalue weighted by Gasteiger charge is -2.13. The summed E-state index contributed by atoms with van der Waals surface area (Å²) in [6.07, 6.45) is 1.59. The van der Waals surface area contributed by atoms with E-state index in [1.165, 1.54) is 0 Å². The van der Waals surface area contributed by atoms with Gasteiger partial charge in [-0.2, -0.15) is 0 Å². The highest BCUT2D eigenvalue weighted by atomic mass is 35.5. The minimum Gasteiger partial charge on any atom is -0.396 e. The van der Waals surface area contributed by atoms with Crippen LogP contribution in [0.3, 0.4) is 0 Å². The summed E-state index contributed by atoms with van der Waals surface area (Å²) < 4.78 is 0. The van der Waals surface area contributed by atoms with Crippen LogP contribution in [0, 0.1) is 0 Å². The summed E-state index contributed by atoms with van der Waals surface area (Å²) in [5, 5.41) is 15.1. The van der Waals surface area contributed by atoms with E-state index in [9.17, 15) is 4.79 Å². The average molecular weight is 271 g/mol. The lowest BCUT2D eigenvalue weighted by atomic mass is 10.2. The lowest BCUT2D eigenvalue weighted by Crippen LogP contribution is -2.34. The number of anilines is 1. The smallest absolute Gasteiger partial charge is 0.238 e. The highest BCUT2D eigenvalue weighted by molar-refractivity contribution is 6.30. The molecule has 1 rings (SSSR count). The maximum atomic E-state index is 11.6. The molecule has 3 N–H and O–H groups in total. The zero-order chi connectivity index (χ0) is 13.4. The van der Waals surface area contributed by atoms with Crippen molar-refractivity contribution >= 4 is 23.2 Å². The molecule has 100 valence electrons. The first-order valence-electron chi connectivity index (χ1n) is 6.01. The second kappa shape index (κ2) is 8.08. The van der Waals surface area contributed by atoms with Crippen molar-refractivity contribution in [2.45, 2.75) is 25.8 Å². The van der Waals surface area contributed by atoms with Crippen molar-refractivity contribution in [2.75, 3.05) is 18.5 Å². The molecule has 1 aromatic carbocycles. The molecule has 0 heterocycles. The van der Waals surface area contributed by atoms with Crippen LogP contribution in [-0.4, -0.2) is 30.2 Å². The molecule has 18 heavy (non-hydrogen) atoms. The third kappa shape index (κ3) is 6.00. The van der Waals surface area contributed by atoms with Crippen LogP contribution >= 0.6 is 11.6 Å². The molecule has 4 nitrogen and oxygen atoms in total. The Morgan fingerprint density at radius 1 is 1.50 bits per heavy atom. The van der Waals surface area contributed by atoms with Crippen molar-refractivity contribution in [1.82, 2.24) is 5.32 Å². The number of carbonyl (C=O) groups excluding carboxylic acids is 1. The molecule has 0 radical (unpaired) electrons. The molecule has 0 aliphatic rings. The van der Waals surface area contributed by atoms with Gasteiger partial charge in [-0.3, -0.25) is 4.79 Å². The van der Waals surface area contributed by atoms with E-state index in [2.05, 4.69) is 10.6 Å². The summed E-state index contributed by atoms with van der Waals surface area (Å²) >= 11 is 5.82. The molecule has 0 bridgehead atoms. The Kier molecular flexibility index (Phi) is 6.72. The van der Waals surface area contributed by atoms with Crippen molar-refractivity contribution in [3.63, 3.8) is 0 Å². The minimum absolute atomic E-state index is 0.104. The Labute approximate surface area is 112 Å². The summed E-state index contributed by atoms with van der Waals surface area (Å²) in [6, 6.07) is 7.25. The number of nitrogens with one attached hydrogen (secondary N) is 2. The zero-order valence-corrected chi connectivity index (χ0v) is 11.2. The molecule has 1 unspecified atom stereocenters. The molecule has 1 aromatic rings. The maximum absolute atomic E-state index is 11.6. The average Bonchev–Trinajstić information content (AvgIpc) is 2.34. The van der Waals surface area contributed by atoms with Gasteiger partial charge in [-0.15, -0.1) is 0 Å². The number of aliphatic hydroxyl groups excluding tert-OH is 1. The Hall–Kier alpha value is -1.10. The summed E-state index contributed by atoms with van der Waals surface area (Å²) in [4.78, 5) is 11.6. The Morgan fingerprint density at radius 3 is 2.94 bits per heavy atom. The van der Waals surface area contributed by atoms with Crippen LogP contribution in [0.25, 0.3) is 0 Å². The van der Waals surface area contributed by atoms with Crippen LogP contribution in [0.2, 0.25) is 5.02 Å². The SMILES string of the molecule is CC(CCCO)NCC(=O)Nc1cccc(Cl)c1. The number of carbonyl (C=O) groups is 1. The van der Waals surface area contributed by atoms with Crippen LogP contribution in [0.1, 0.15) is 19.8 Å². The van der Waals surface area contributed by atoms with Crippen LogP contribution in [0.15, 0.2) is 24.3 Å². The fraction of sp³-hybridized carbons (Fsp3) is 0.462. The monoisotopic (exact) mass is 270 g/mol. The van der Waals surface area contributed by atoms with E-state index in [0.29, 0.717) is 10.7 Å². The first kappa shape index (κ1) is 15.0. The molecular weight excluding hydrogens is 252 g/mol. The van der Waals surface area contributed by atoms with E-state index in [0.717, 1.165) is 12.8 Å². The van der Waals surface area contributed by atoms with Gasteiger partial charge in [0, 0.05) is 23.4 Å². The molecule has 0 fully saturated rings. The maximum Gasteiger partial charge on any atom is 0.238 e. The fourth-order valence-corrected chi connectivity index (χ4v) is 1.73. The normalized spacial score (nSPS) is 12.2. The predicted molar refractivity (Wildman–Crippen MR) is 73.9 cm³/mol. The second-order valence-corrected chi connectivity index (χ2v) is 4.64. The number of hydrogen-bond donors (Lipinski definition) is 3. The van der Waals surface area contributed by atoms with Crippen LogP contribution in [0.4, 0.5) is 5.69 Å². The molecule has 0 aliphatic heterocycles. The number of halogens is 1. The van der Waals surface area contributed by atoms with Crippen LogP contribution < -0.4 is 10.6 Å². The molecule has 0 saturated carbocycles. The van der Waals surface area contributed by atoms with Crippen LogP contribution in [0.5, 0.6) is 0 Å². The van der Waals surface area contributed by atoms with Crippen LogP contribution in [-0.2, 0) is 4.79 Å². The zero-order valence-electron chi connectivity index (χ0n) is 10.4. The largest absolute Gasteiger partial charge is 0.396 e. The lowest BCUT2D eigenvalue weighted by molar-refractivity contribution is -0.115.